The number of para-hydroxylation sites is 1. The SMILES string of the molecule is c1ccc(-c2nc(-c3ccccc3)nc(-c3cc(-c4cnc5ccccc5c4)cc(-c4ccc5c6ccccc6c6ccccc6c5c4)c3)n2)cc1. The van der Waals surface area contributed by atoms with Crippen LogP contribution in [-0.2, 0) is 0 Å². The summed E-state index contributed by atoms with van der Waals surface area (Å²) in [6.45, 7) is 0. The summed E-state index contributed by atoms with van der Waals surface area (Å²) in [4.78, 5) is 20.0. The van der Waals surface area contributed by atoms with Crippen molar-refractivity contribution in [3.05, 3.63) is 182 Å². The van der Waals surface area contributed by atoms with Gasteiger partial charge in [0.25, 0.3) is 0 Å². The van der Waals surface area contributed by atoms with Crippen LogP contribution in [0.4, 0.5) is 0 Å². The number of hydrogen-bond acceptors (Lipinski definition) is 4. The van der Waals surface area contributed by atoms with Gasteiger partial charge >= 0.3 is 0 Å². The summed E-state index contributed by atoms with van der Waals surface area (Å²) in [6, 6.07) is 61.6. The molecule has 0 bridgehead atoms. The number of pyridine rings is 1. The van der Waals surface area contributed by atoms with Crippen LogP contribution in [0, 0.1) is 0 Å². The first-order valence-electron chi connectivity index (χ1n) is 17.5. The van der Waals surface area contributed by atoms with Crippen LogP contribution in [-0.4, -0.2) is 19.9 Å². The fraction of sp³-hybridized carbons (Fsp3) is 0. The van der Waals surface area contributed by atoms with E-state index in [-0.39, 0.29) is 0 Å². The highest BCUT2D eigenvalue weighted by Crippen LogP contribution is 2.39. The normalized spacial score (nSPS) is 11.5. The summed E-state index contributed by atoms with van der Waals surface area (Å²) >= 11 is 0. The van der Waals surface area contributed by atoms with Crippen LogP contribution in [0.15, 0.2) is 182 Å². The van der Waals surface area contributed by atoms with Crippen molar-refractivity contribution in [1.82, 2.24) is 19.9 Å². The van der Waals surface area contributed by atoms with Crippen LogP contribution in [0.1, 0.15) is 0 Å². The van der Waals surface area contributed by atoms with E-state index in [2.05, 4.69) is 103 Å². The zero-order valence-electron chi connectivity index (χ0n) is 28.1. The monoisotopic (exact) mass is 662 g/mol. The van der Waals surface area contributed by atoms with Crippen molar-refractivity contribution >= 4 is 43.2 Å². The molecule has 0 aliphatic carbocycles. The number of hydrogen-bond donors (Lipinski definition) is 0. The molecule has 0 N–H and O–H groups in total. The van der Waals surface area contributed by atoms with Gasteiger partial charge in [0, 0.05) is 33.8 Å². The highest BCUT2D eigenvalue weighted by Gasteiger charge is 2.16. The van der Waals surface area contributed by atoms with Gasteiger partial charge in [-0.1, -0.05) is 140 Å². The standard InChI is InChI=1S/C48H30N4/c1-3-13-31(14-4-1)46-50-47(32-15-5-2-6-16-32)52-48(51-46)37-27-35(26-36(28-37)38-25-34-17-7-12-22-45(34)49-30-38)33-23-24-43-41-20-9-8-18-39(41)40-19-10-11-21-42(40)44(43)29-33/h1-30H. The maximum atomic E-state index is 5.11. The number of aromatic nitrogens is 4. The Hall–Kier alpha value is -7.04. The summed E-state index contributed by atoms with van der Waals surface area (Å²) in [5, 5.41) is 8.58. The van der Waals surface area contributed by atoms with Gasteiger partial charge in [-0.15, -0.1) is 0 Å². The Morgan fingerprint density at radius 3 is 1.35 bits per heavy atom. The molecule has 0 aliphatic rings. The second-order valence-corrected chi connectivity index (χ2v) is 13.1. The first-order valence-corrected chi connectivity index (χ1v) is 17.5. The molecular weight excluding hydrogens is 633 g/mol. The molecule has 10 aromatic rings. The van der Waals surface area contributed by atoms with E-state index >= 15 is 0 Å². The largest absolute Gasteiger partial charge is 0.256 e. The molecule has 4 heteroatoms. The zero-order valence-corrected chi connectivity index (χ0v) is 28.1. The highest BCUT2D eigenvalue weighted by atomic mass is 15.0. The number of fused-ring (bicyclic) bond motifs is 7. The van der Waals surface area contributed by atoms with Crippen molar-refractivity contribution in [2.75, 3.05) is 0 Å². The molecule has 2 aromatic heterocycles. The number of nitrogens with zero attached hydrogens (tertiary/aromatic N) is 4. The highest BCUT2D eigenvalue weighted by molar-refractivity contribution is 6.25. The molecule has 0 radical (unpaired) electrons. The molecule has 0 spiro atoms. The van der Waals surface area contributed by atoms with Gasteiger partial charge in [-0.3, -0.25) is 4.98 Å². The third kappa shape index (κ3) is 5.26. The van der Waals surface area contributed by atoms with Crippen LogP contribution in [0.3, 0.4) is 0 Å². The molecule has 8 aromatic carbocycles. The second-order valence-electron chi connectivity index (χ2n) is 13.1. The Morgan fingerprint density at radius 2 is 0.731 bits per heavy atom. The topological polar surface area (TPSA) is 51.6 Å². The molecule has 0 fully saturated rings. The summed E-state index contributed by atoms with van der Waals surface area (Å²) in [7, 11) is 0. The van der Waals surface area contributed by atoms with E-state index in [0.29, 0.717) is 17.5 Å². The molecule has 242 valence electrons. The van der Waals surface area contributed by atoms with Crippen molar-refractivity contribution < 1.29 is 0 Å². The number of benzene rings is 8. The van der Waals surface area contributed by atoms with Gasteiger partial charge in [0.2, 0.25) is 0 Å². The lowest BCUT2D eigenvalue weighted by Crippen LogP contribution is -2.00. The molecule has 0 saturated carbocycles. The Labute approximate surface area is 300 Å². The molecule has 2 heterocycles. The summed E-state index contributed by atoms with van der Waals surface area (Å²) < 4.78 is 0. The predicted octanol–water partition coefficient (Wildman–Crippen LogP) is 12.2. The fourth-order valence-corrected chi connectivity index (χ4v) is 7.34. The molecule has 0 atom stereocenters. The van der Waals surface area contributed by atoms with E-state index in [9.17, 15) is 0 Å². The van der Waals surface area contributed by atoms with E-state index in [1.165, 1.54) is 32.3 Å². The van der Waals surface area contributed by atoms with Gasteiger partial charge in [-0.05, 0) is 85.4 Å². The zero-order chi connectivity index (χ0) is 34.4. The molecular formula is C48H30N4. The van der Waals surface area contributed by atoms with Crippen molar-refractivity contribution in [3.63, 3.8) is 0 Å². The average Bonchev–Trinajstić information content (AvgIpc) is 3.23. The van der Waals surface area contributed by atoms with Crippen LogP contribution in [0.5, 0.6) is 0 Å². The minimum absolute atomic E-state index is 0.613. The van der Waals surface area contributed by atoms with Gasteiger partial charge in [0.1, 0.15) is 0 Å². The lowest BCUT2D eigenvalue weighted by atomic mass is 9.90. The third-order valence-corrected chi connectivity index (χ3v) is 9.89. The van der Waals surface area contributed by atoms with Gasteiger partial charge in [-0.2, -0.15) is 0 Å². The Balaban J connectivity index is 1.23. The molecule has 0 unspecified atom stereocenters. The van der Waals surface area contributed by atoms with Gasteiger partial charge in [-0.25, -0.2) is 15.0 Å². The van der Waals surface area contributed by atoms with Gasteiger partial charge in [0.15, 0.2) is 17.5 Å². The minimum Gasteiger partial charge on any atom is -0.256 e. The van der Waals surface area contributed by atoms with Crippen LogP contribution in [0.25, 0.3) is 99.6 Å². The lowest BCUT2D eigenvalue weighted by Gasteiger charge is -2.14. The summed E-state index contributed by atoms with van der Waals surface area (Å²) in [6.07, 6.45) is 1.96. The lowest BCUT2D eigenvalue weighted by molar-refractivity contribution is 1.07. The van der Waals surface area contributed by atoms with Crippen molar-refractivity contribution in [2.24, 2.45) is 0 Å². The van der Waals surface area contributed by atoms with Crippen molar-refractivity contribution in [1.29, 1.82) is 0 Å². The molecule has 0 amide bonds. The summed E-state index contributed by atoms with van der Waals surface area (Å²) in [5.41, 5.74) is 8.00. The van der Waals surface area contributed by atoms with E-state index in [4.69, 9.17) is 19.9 Å². The van der Waals surface area contributed by atoms with Gasteiger partial charge < -0.3 is 0 Å². The quantitative estimate of drug-likeness (QED) is 0.172. The van der Waals surface area contributed by atoms with Crippen LogP contribution < -0.4 is 0 Å². The fourth-order valence-electron chi connectivity index (χ4n) is 7.34. The predicted molar refractivity (Wildman–Crippen MR) is 215 cm³/mol. The molecule has 0 aliphatic heterocycles. The smallest absolute Gasteiger partial charge is 0.164 e. The average molecular weight is 663 g/mol. The molecule has 52 heavy (non-hydrogen) atoms. The first kappa shape index (κ1) is 29.8. The summed E-state index contributed by atoms with van der Waals surface area (Å²) in [5.74, 6) is 1.88. The van der Waals surface area contributed by atoms with Crippen LogP contribution >= 0.6 is 0 Å². The Bertz CT molecular complexity index is 2860. The maximum Gasteiger partial charge on any atom is 0.164 e. The second kappa shape index (κ2) is 12.4. The van der Waals surface area contributed by atoms with Gasteiger partial charge in [0.05, 0.1) is 5.52 Å². The van der Waals surface area contributed by atoms with E-state index in [0.717, 1.165) is 49.8 Å². The first-order chi connectivity index (χ1) is 25.7. The van der Waals surface area contributed by atoms with Crippen molar-refractivity contribution in [3.8, 4) is 56.4 Å². The Kier molecular flexibility index (Phi) is 7.10. The van der Waals surface area contributed by atoms with E-state index in [1.54, 1.807) is 0 Å². The Morgan fingerprint density at radius 1 is 0.269 bits per heavy atom. The number of rotatable bonds is 5. The molecule has 0 saturated heterocycles. The van der Waals surface area contributed by atoms with Crippen LogP contribution in [0.2, 0.25) is 0 Å². The molecule has 4 nitrogen and oxygen atoms in total. The molecule has 10 rings (SSSR count). The van der Waals surface area contributed by atoms with E-state index < -0.39 is 0 Å². The minimum atomic E-state index is 0.613. The maximum absolute atomic E-state index is 5.11. The van der Waals surface area contributed by atoms with E-state index in [1.807, 2.05) is 79.0 Å². The van der Waals surface area contributed by atoms with Crippen molar-refractivity contribution in [2.45, 2.75) is 0 Å². The third-order valence-electron chi connectivity index (χ3n) is 9.89.